The van der Waals surface area contributed by atoms with E-state index in [4.69, 9.17) is 25.2 Å². The number of benzene rings is 1. The van der Waals surface area contributed by atoms with Crippen LogP contribution in [0.25, 0.3) is 0 Å². The molecule has 1 saturated carbocycles. The van der Waals surface area contributed by atoms with Gasteiger partial charge in [-0.2, -0.15) is 0 Å². The Morgan fingerprint density at radius 2 is 1.94 bits per heavy atom. The Hall–Kier alpha value is -2.39. The first-order valence-corrected chi connectivity index (χ1v) is 11.2. The predicted octanol–water partition coefficient (Wildman–Crippen LogP) is 0.302. The first kappa shape index (κ1) is 19.3. The van der Waals surface area contributed by atoms with E-state index in [0.717, 1.165) is 59.8 Å². The molecule has 5 aliphatic rings. The normalized spacial score (nSPS) is 38.7. The molecule has 9 heteroatoms. The number of fused-ring (bicyclic) bond motifs is 8. The van der Waals surface area contributed by atoms with Gasteiger partial charge in [0.1, 0.15) is 12.4 Å². The number of nitrogens with zero attached hydrogens (tertiary/aromatic N) is 4. The number of carbonyl (C=O) groups excluding carboxylic acids is 1. The number of hydrogen-bond donors (Lipinski definition) is 2. The molecule has 7 atom stereocenters. The van der Waals surface area contributed by atoms with Gasteiger partial charge in [-0.1, -0.05) is 12.8 Å². The number of carbonyl (C=O) groups is 1. The minimum atomic E-state index is -0.816. The number of methoxy groups -OCH3 is 1. The van der Waals surface area contributed by atoms with E-state index in [9.17, 15) is 9.90 Å². The molecule has 6 rings (SSSR count). The fourth-order valence-corrected chi connectivity index (χ4v) is 6.75. The molecule has 4 aliphatic heterocycles. The summed E-state index contributed by atoms with van der Waals surface area (Å²) in [7, 11) is 3.77. The monoisotopic (exact) mass is 427 g/mol. The van der Waals surface area contributed by atoms with E-state index in [-0.39, 0.29) is 36.4 Å². The standard InChI is InChI=1S/C22H29N5O4/c1-10-16-17(25-13-7-5-4-6-12(13)24-16)15-11(9-31-21(23)29)22(30-3)20-14(26(20)2)8-27(22)18(15)19(10)28/h11-14,20,28H,4-9H2,1-3H3,(H2,23,29)/t11-,12-,13+,14+,20+,22-,26?/m1/s1. The number of ether oxygens (including phenoxy) is 2. The van der Waals surface area contributed by atoms with Crippen molar-refractivity contribution < 1.29 is 19.4 Å². The largest absolute Gasteiger partial charge is 0.505 e. The smallest absolute Gasteiger partial charge is 0.404 e. The van der Waals surface area contributed by atoms with Crippen molar-refractivity contribution in [2.24, 2.45) is 15.7 Å². The van der Waals surface area contributed by atoms with E-state index in [1.807, 2.05) is 6.92 Å². The topological polar surface area (TPSA) is 113 Å². The van der Waals surface area contributed by atoms with Gasteiger partial charge < -0.3 is 25.2 Å². The second-order valence-electron chi connectivity index (χ2n) is 9.54. The minimum absolute atomic E-state index is 0.0717. The van der Waals surface area contributed by atoms with Gasteiger partial charge in [0.15, 0.2) is 5.72 Å². The second-order valence-corrected chi connectivity index (χ2v) is 9.54. The molecule has 31 heavy (non-hydrogen) atoms. The average Bonchev–Trinajstić information content (AvgIpc) is 3.14. The molecule has 1 aromatic rings. The molecule has 3 N–H and O–H groups in total. The van der Waals surface area contributed by atoms with Gasteiger partial charge >= 0.3 is 6.09 Å². The first-order valence-electron chi connectivity index (χ1n) is 11.2. The Morgan fingerprint density at radius 3 is 2.58 bits per heavy atom. The summed E-state index contributed by atoms with van der Waals surface area (Å²) in [4.78, 5) is 26.3. The first-order chi connectivity index (χ1) is 14.9. The molecule has 1 amide bonds. The van der Waals surface area contributed by atoms with Crippen molar-refractivity contribution >= 4 is 11.8 Å². The van der Waals surface area contributed by atoms with Crippen LogP contribution in [0.2, 0.25) is 0 Å². The molecular formula is C22H29N5O4. The van der Waals surface area contributed by atoms with E-state index < -0.39 is 11.8 Å². The summed E-state index contributed by atoms with van der Waals surface area (Å²) in [5.74, 6) is -0.0896. The van der Waals surface area contributed by atoms with E-state index in [2.05, 4.69) is 16.8 Å². The van der Waals surface area contributed by atoms with Crippen LogP contribution in [-0.2, 0) is 9.47 Å². The Bertz CT molecular complexity index is 1110. The highest BCUT2D eigenvalue weighted by Crippen LogP contribution is 2.61. The van der Waals surface area contributed by atoms with Gasteiger partial charge in [-0.3, -0.25) is 14.9 Å². The highest BCUT2D eigenvalue weighted by Gasteiger charge is 2.74. The van der Waals surface area contributed by atoms with Gasteiger partial charge in [-0.05, 0) is 26.8 Å². The summed E-state index contributed by atoms with van der Waals surface area (Å²) >= 11 is 0. The summed E-state index contributed by atoms with van der Waals surface area (Å²) < 4.78 is 11.6. The summed E-state index contributed by atoms with van der Waals surface area (Å²) in [6.45, 7) is 2.73. The number of likely N-dealkylation sites (N-methyl/N-ethyl adjacent to an activating group) is 1. The lowest BCUT2D eigenvalue weighted by molar-refractivity contribution is -0.0428. The van der Waals surface area contributed by atoms with Gasteiger partial charge in [0.2, 0.25) is 0 Å². The molecule has 166 valence electrons. The zero-order chi connectivity index (χ0) is 21.7. The van der Waals surface area contributed by atoms with Crippen LogP contribution < -0.4 is 21.3 Å². The van der Waals surface area contributed by atoms with Crippen molar-refractivity contribution in [3.8, 4) is 5.75 Å². The highest BCUT2D eigenvalue weighted by molar-refractivity contribution is 5.75. The Morgan fingerprint density at radius 1 is 1.26 bits per heavy atom. The number of primary amides is 1. The van der Waals surface area contributed by atoms with E-state index in [1.54, 1.807) is 7.11 Å². The maximum Gasteiger partial charge on any atom is 0.404 e. The summed E-state index contributed by atoms with van der Waals surface area (Å²) in [6.07, 6.45) is 3.56. The summed E-state index contributed by atoms with van der Waals surface area (Å²) in [6, 6.07) is 0.820. The van der Waals surface area contributed by atoms with Crippen LogP contribution in [0.5, 0.6) is 5.75 Å². The number of aromatic hydroxyl groups is 1. The molecular weight excluding hydrogens is 398 g/mol. The molecule has 0 bridgehead atoms. The van der Waals surface area contributed by atoms with Crippen LogP contribution in [0.1, 0.15) is 42.7 Å². The lowest BCUT2D eigenvalue weighted by Crippen LogP contribution is -2.54. The molecule has 9 nitrogen and oxygen atoms in total. The number of amides is 1. The predicted molar refractivity (Wildman–Crippen MR) is 112 cm³/mol. The molecule has 2 saturated heterocycles. The number of phenols is 1. The fourth-order valence-electron chi connectivity index (χ4n) is 6.75. The number of rotatable bonds is 3. The van der Waals surface area contributed by atoms with Crippen molar-refractivity contribution in [1.82, 2.24) is 4.90 Å². The molecule has 3 fully saturated rings. The average molecular weight is 428 g/mol. The van der Waals surface area contributed by atoms with Crippen LogP contribution in [-0.4, -0.2) is 73.3 Å². The highest BCUT2D eigenvalue weighted by atomic mass is 16.6. The molecule has 0 aromatic heterocycles. The lowest BCUT2D eigenvalue weighted by Gasteiger charge is -2.39. The molecule has 1 aliphatic carbocycles. The van der Waals surface area contributed by atoms with Crippen LogP contribution in [0.4, 0.5) is 10.5 Å². The quantitative estimate of drug-likeness (QED) is 0.671. The molecule has 1 unspecified atom stereocenters. The Balaban J connectivity index is 1.62. The van der Waals surface area contributed by atoms with Crippen molar-refractivity contribution in [2.45, 2.75) is 68.4 Å². The Labute approximate surface area is 180 Å². The number of nitrogens with two attached hydrogens (primary N) is 1. The molecule has 0 radical (unpaired) electrons. The van der Waals surface area contributed by atoms with Gasteiger partial charge in [0.25, 0.3) is 0 Å². The lowest BCUT2D eigenvalue weighted by atomic mass is 9.86. The summed E-state index contributed by atoms with van der Waals surface area (Å²) in [5, 5.41) is 13.0. The maximum atomic E-state index is 11.6. The van der Waals surface area contributed by atoms with Gasteiger partial charge in [0, 0.05) is 30.8 Å². The number of phenolic OH excluding ortho intramolecular Hbond substituents is 1. The third-order valence-electron chi connectivity index (χ3n) is 8.24. The maximum absolute atomic E-state index is 11.6. The van der Waals surface area contributed by atoms with Crippen molar-refractivity contribution in [3.05, 3.63) is 21.8 Å². The third-order valence-corrected chi connectivity index (χ3v) is 8.24. The SMILES string of the molecule is CO[C@@]12[C@H](COC(N)=O)c3c(c(O)c(C)c4c3=N[C@H]3CCCC[C@H]3N=4)N1C[C@H]1[C@@H]2N1C. The Kier molecular flexibility index (Phi) is 3.94. The zero-order valence-electron chi connectivity index (χ0n) is 18.2. The molecule has 1 aromatic carbocycles. The molecule has 0 spiro atoms. The van der Waals surface area contributed by atoms with Crippen LogP contribution in [0.15, 0.2) is 9.98 Å². The number of anilines is 1. The van der Waals surface area contributed by atoms with Gasteiger partial charge in [-0.15, -0.1) is 0 Å². The van der Waals surface area contributed by atoms with Crippen LogP contribution >= 0.6 is 0 Å². The van der Waals surface area contributed by atoms with Gasteiger partial charge in [-0.25, -0.2) is 4.79 Å². The van der Waals surface area contributed by atoms with Crippen molar-refractivity contribution in [1.29, 1.82) is 0 Å². The second kappa shape index (κ2) is 6.32. The minimum Gasteiger partial charge on any atom is -0.505 e. The van der Waals surface area contributed by atoms with Crippen molar-refractivity contribution in [3.63, 3.8) is 0 Å². The van der Waals surface area contributed by atoms with Crippen molar-refractivity contribution in [2.75, 3.05) is 32.2 Å². The fraction of sp³-hybridized carbons (Fsp3) is 0.682. The van der Waals surface area contributed by atoms with Gasteiger partial charge in [0.05, 0.1) is 40.4 Å². The van der Waals surface area contributed by atoms with E-state index in [0.29, 0.717) is 6.04 Å². The molecule has 4 heterocycles. The number of hydrogen-bond acceptors (Lipinski definition) is 8. The summed E-state index contributed by atoms with van der Waals surface area (Å²) in [5.41, 5.74) is 7.00. The van der Waals surface area contributed by atoms with E-state index >= 15 is 0 Å². The number of piperazine rings is 1. The van der Waals surface area contributed by atoms with Crippen LogP contribution in [0, 0.1) is 6.92 Å². The zero-order valence-corrected chi connectivity index (χ0v) is 18.2. The van der Waals surface area contributed by atoms with E-state index in [1.165, 1.54) is 0 Å². The third kappa shape index (κ3) is 2.31. The van der Waals surface area contributed by atoms with Crippen LogP contribution in [0.3, 0.4) is 0 Å².